The van der Waals surface area contributed by atoms with E-state index in [0.29, 0.717) is 6.42 Å². The van der Waals surface area contributed by atoms with Gasteiger partial charge in [-0.15, -0.1) is 11.7 Å². The zero-order valence-corrected chi connectivity index (χ0v) is 9.92. The highest BCUT2D eigenvalue weighted by Crippen LogP contribution is 2.05. The number of rotatable bonds is 8. The molecule has 2 nitrogen and oxygen atoms in total. The fourth-order valence-corrected chi connectivity index (χ4v) is 1.56. The van der Waals surface area contributed by atoms with Gasteiger partial charge >= 0.3 is 0 Å². The van der Waals surface area contributed by atoms with Crippen LogP contribution in [0.1, 0.15) is 39.0 Å². The fraction of sp³-hybridized carbons (Fsp3) is 0.889. The van der Waals surface area contributed by atoms with Crippen LogP contribution in [0.15, 0.2) is 0 Å². The van der Waals surface area contributed by atoms with Crippen LogP contribution >= 0.6 is 22.5 Å². The SMILES string of the molecule is CCCCCCNC(=O)CCSS. The lowest BCUT2D eigenvalue weighted by atomic mass is 10.2. The van der Waals surface area contributed by atoms with Gasteiger partial charge < -0.3 is 5.32 Å². The molecule has 78 valence electrons. The smallest absolute Gasteiger partial charge is 0.220 e. The monoisotopic (exact) mass is 221 g/mol. The predicted octanol–water partition coefficient (Wildman–Crippen LogP) is 2.65. The Kier molecular flexibility index (Phi) is 10.4. The summed E-state index contributed by atoms with van der Waals surface area (Å²) in [5.74, 6) is 0.947. The highest BCUT2D eigenvalue weighted by atomic mass is 33.1. The van der Waals surface area contributed by atoms with E-state index in [-0.39, 0.29) is 5.91 Å². The van der Waals surface area contributed by atoms with Gasteiger partial charge in [0, 0.05) is 18.7 Å². The fourth-order valence-electron chi connectivity index (χ4n) is 1.01. The van der Waals surface area contributed by atoms with Crippen LogP contribution in [0.5, 0.6) is 0 Å². The summed E-state index contributed by atoms with van der Waals surface area (Å²) in [5, 5.41) is 2.89. The maximum atomic E-state index is 11.1. The second-order valence-electron chi connectivity index (χ2n) is 2.99. The summed E-state index contributed by atoms with van der Waals surface area (Å²) in [6, 6.07) is 0. The third kappa shape index (κ3) is 10.1. The van der Waals surface area contributed by atoms with Gasteiger partial charge in [-0.2, -0.15) is 0 Å². The summed E-state index contributed by atoms with van der Waals surface area (Å²) >= 11 is 3.97. The number of amides is 1. The van der Waals surface area contributed by atoms with Gasteiger partial charge in [0.1, 0.15) is 0 Å². The van der Waals surface area contributed by atoms with E-state index in [0.717, 1.165) is 18.7 Å². The van der Waals surface area contributed by atoms with Gasteiger partial charge in [0.25, 0.3) is 0 Å². The average Bonchev–Trinajstić information content (AvgIpc) is 2.14. The minimum Gasteiger partial charge on any atom is -0.356 e. The largest absolute Gasteiger partial charge is 0.356 e. The van der Waals surface area contributed by atoms with E-state index in [2.05, 4.69) is 23.9 Å². The van der Waals surface area contributed by atoms with E-state index in [9.17, 15) is 4.79 Å². The molecule has 0 unspecified atom stereocenters. The van der Waals surface area contributed by atoms with Crippen molar-refractivity contribution in [2.75, 3.05) is 12.3 Å². The van der Waals surface area contributed by atoms with Gasteiger partial charge in [0.05, 0.1) is 0 Å². The zero-order valence-electron chi connectivity index (χ0n) is 8.21. The van der Waals surface area contributed by atoms with Crippen molar-refractivity contribution in [1.82, 2.24) is 5.32 Å². The third-order valence-corrected chi connectivity index (χ3v) is 2.71. The van der Waals surface area contributed by atoms with Crippen molar-refractivity contribution in [3.8, 4) is 0 Å². The lowest BCUT2D eigenvalue weighted by Crippen LogP contribution is -2.24. The average molecular weight is 221 g/mol. The highest BCUT2D eigenvalue weighted by molar-refractivity contribution is 8.68. The van der Waals surface area contributed by atoms with E-state index in [1.54, 1.807) is 0 Å². The summed E-state index contributed by atoms with van der Waals surface area (Å²) < 4.78 is 0. The number of carbonyl (C=O) groups excluding carboxylic acids is 1. The number of nitrogens with one attached hydrogen (secondary N) is 1. The molecule has 0 atom stereocenters. The third-order valence-electron chi connectivity index (χ3n) is 1.77. The molecule has 0 aliphatic rings. The predicted molar refractivity (Wildman–Crippen MR) is 63.2 cm³/mol. The van der Waals surface area contributed by atoms with Crippen molar-refractivity contribution in [1.29, 1.82) is 0 Å². The summed E-state index contributed by atoms with van der Waals surface area (Å²) in [5.41, 5.74) is 0. The molecule has 13 heavy (non-hydrogen) atoms. The molecule has 0 aromatic carbocycles. The Morgan fingerprint density at radius 1 is 1.38 bits per heavy atom. The molecule has 0 radical (unpaired) electrons. The number of thiol groups is 1. The molecule has 4 heteroatoms. The Bertz CT molecular complexity index is 131. The molecule has 0 aromatic heterocycles. The summed E-state index contributed by atoms with van der Waals surface area (Å²) in [6.45, 7) is 3.01. The normalized spacial score (nSPS) is 10.0. The van der Waals surface area contributed by atoms with Crippen molar-refractivity contribution >= 4 is 28.4 Å². The minimum absolute atomic E-state index is 0.151. The molecule has 0 saturated heterocycles. The topological polar surface area (TPSA) is 29.1 Å². The standard InChI is InChI=1S/C9H19NOS2/c1-2-3-4-5-7-10-9(11)6-8-13-12/h12H,2-8H2,1H3,(H,10,11). The van der Waals surface area contributed by atoms with E-state index in [1.165, 1.54) is 30.1 Å². The van der Waals surface area contributed by atoms with Crippen LogP contribution in [0.3, 0.4) is 0 Å². The number of hydrogen-bond donors (Lipinski definition) is 2. The van der Waals surface area contributed by atoms with Crippen molar-refractivity contribution in [3.05, 3.63) is 0 Å². The van der Waals surface area contributed by atoms with Crippen LogP contribution in [0.4, 0.5) is 0 Å². The molecule has 1 N–H and O–H groups in total. The Balaban J connectivity index is 3.08. The van der Waals surface area contributed by atoms with Crippen molar-refractivity contribution < 1.29 is 4.79 Å². The van der Waals surface area contributed by atoms with E-state index >= 15 is 0 Å². The zero-order chi connectivity index (χ0) is 9.94. The first-order chi connectivity index (χ1) is 6.31. The lowest BCUT2D eigenvalue weighted by Gasteiger charge is -2.03. The van der Waals surface area contributed by atoms with Crippen molar-refractivity contribution in [2.24, 2.45) is 0 Å². The van der Waals surface area contributed by atoms with Crippen LogP contribution in [-0.2, 0) is 4.79 Å². The molecule has 0 spiro atoms. The Morgan fingerprint density at radius 3 is 2.77 bits per heavy atom. The van der Waals surface area contributed by atoms with Crippen LogP contribution < -0.4 is 5.32 Å². The van der Waals surface area contributed by atoms with Crippen LogP contribution in [0, 0.1) is 0 Å². The number of unbranched alkanes of at least 4 members (excludes halogenated alkanes) is 3. The molecule has 0 heterocycles. The van der Waals surface area contributed by atoms with Crippen molar-refractivity contribution in [3.63, 3.8) is 0 Å². The minimum atomic E-state index is 0.151. The maximum Gasteiger partial charge on any atom is 0.220 e. The van der Waals surface area contributed by atoms with Gasteiger partial charge in [-0.1, -0.05) is 37.0 Å². The van der Waals surface area contributed by atoms with Crippen LogP contribution in [0.2, 0.25) is 0 Å². The van der Waals surface area contributed by atoms with Gasteiger partial charge in [-0.05, 0) is 6.42 Å². The summed E-state index contributed by atoms with van der Waals surface area (Å²) in [4.78, 5) is 11.1. The van der Waals surface area contributed by atoms with Gasteiger partial charge in [-0.25, -0.2) is 0 Å². The van der Waals surface area contributed by atoms with Crippen molar-refractivity contribution in [2.45, 2.75) is 39.0 Å². The highest BCUT2D eigenvalue weighted by Gasteiger charge is 1.98. The molecule has 0 aliphatic heterocycles. The molecular formula is C9H19NOS2. The van der Waals surface area contributed by atoms with E-state index in [4.69, 9.17) is 0 Å². The molecule has 0 fully saturated rings. The number of carbonyl (C=O) groups is 1. The first kappa shape index (κ1) is 13.2. The lowest BCUT2D eigenvalue weighted by molar-refractivity contribution is -0.120. The summed E-state index contributed by atoms with van der Waals surface area (Å²) in [6.07, 6.45) is 5.42. The van der Waals surface area contributed by atoms with Crippen LogP contribution in [-0.4, -0.2) is 18.2 Å². The molecule has 0 bridgehead atoms. The van der Waals surface area contributed by atoms with Crippen LogP contribution in [0.25, 0.3) is 0 Å². The first-order valence-corrected chi connectivity index (χ1v) is 6.88. The molecule has 0 aromatic rings. The molecule has 1 amide bonds. The van der Waals surface area contributed by atoms with Gasteiger partial charge in [0.2, 0.25) is 5.91 Å². The molecule has 0 aliphatic carbocycles. The number of hydrogen-bond acceptors (Lipinski definition) is 3. The van der Waals surface area contributed by atoms with Gasteiger partial charge in [0.15, 0.2) is 0 Å². The Morgan fingerprint density at radius 2 is 2.15 bits per heavy atom. The quantitative estimate of drug-likeness (QED) is 0.375. The Hall–Kier alpha value is 0.170. The van der Waals surface area contributed by atoms with Gasteiger partial charge in [-0.3, -0.25) is 4.79 Å². The second-order valence-corrected chi connectivity index (χ2v) is 4.43. The molecule has 0 saturated carbocycles. The maximum absolute atomic E-state index is 11.1. The Labute approximate surface area is 90.0 Å². The second kappa shape index (κ2) is 10.3. The molecular weight excluding hydrogens is 202 g/mol. The van der Waals surface area contributed by atoms with E-state index < -0.39 is 0 Å². The van der Waals surface area contributed by atoms with E-state index in [1.807, 2.05) is 0 Å². The summed E-state index contributed by atoms with van der Waals surface area (Å²) in [7, 11) is 1.41. The first-order valence-electron chi connectivity index (χ1n) is 4.84. The molecule has 0 rings (SSSR count).